The van der Waals surface area contributed by atoms with Crippen LogP contribution in [0.2, 0.25) is 0 Å². The van der Waals surface area contributed by atoms with E-state index in [1.807, 2.05) is 0 Å². The third-order valence-electron chi connectivity index (χ3n) is 5.11. The van der Waals surface area contributed by atoms with E-state index >= 15 is 0 Å². The van der Waals surface area contributed by atoms with Crippen LogP contribution in [0, 0.1) is 0 Å². The van der Waals surface area contributed by atoms with Gasteiger partial charge < -0.3 is 46.2 Å². The van der Waals surface area contributed by atoms with Crippen LogP contribution in [0.25, 0.3) is 0 Å². The highest BCUT2D eigenvalue weighted by atomic mass is 16.4. The number of hydrogen-bond acceptors (Lipinski definition) is 9. The first-order chi connectivity index (χ1) is 11.2. The van der Waals surface area contributed by atoms with Gasteiger partial charge in [-0.25, -0.2) is 0 Å². The Bertz CT molecular complexity index is 474. The Morgan fingerprint density at radius 3 is 2.21 bits per heavy atom. The van der Waals surface area contributed by atoms with E-state index in [1.54, 1.807) is 6.92 Å². The predicted octanol–water partition coefficient (Wildman–Crippen LogP) is -4.04. The fourth-order valence-electron chi connectivity index (χ4n) is 3.45. The summed E-state index contributed by atoms with van der Waals surface area (Å²) in [5, 5.41) is 82.1. The molecule has 0 spiro atoms. The number of hydrogen-bond donors (Lipinski definition) is 9. The average Bonchev–Trinajstić information content (AvgIpc) is 2.58. The summed E-state index contributed by atoms with van der Waals surface area (Å²) in [5.41, 5.74) is -1.50. The van der Waals surface area contributed by atoms with Crippen molar-refractivity contribution in [2.75, 3.05) is 6.61 Å². The first-order valence-corrected chi connectivity index (χ1v) is 8.04. The zero-order chi connectivity index (χ0) is 18.2. The molecule has 0 aliphatic heterocycles. The Morgan fingerprint density at radius 1 is 1.04 bits per heavy atom. The second-order valence-corrected chi connectivity index (χ2v) is 6.71. The molecule has 0 aromatic rings. The molecule has 2 rings (SSSR count). The zero-order valence-corrected chi connectivity index (χ0v) is 13.4. The largest absolute Gasteiger partial charge is 0.393 e. The first-order valence-electron chi connectivity index (χ1n) is 8.04. The minimum atomic E-state index is -2.01. The fraction of sp³-hybridized carbons (Fsp3) is 0.867. The predicted molar refractivity (Wildman–Crippen MR) is 81.8 cm³/mol. The second-order valence-electron chi connectivity index (χ2n) is 6.71. The number of aliphatic hydroxyl groups excluding tert-OH is 7. The topological polar surface area (TPSA) is 174 Å². The molecule has 9 atom stereocenters. The zero-order valence-electron chi connectivity index (χ0n) is 13.4. The Labute approximate surface area is 139 Å². The normalized spacial score (nSPS) is 49.8. The van der Waals surface area contributed by atoms with Gasteiger partial charge in [0.25, 0.3) is 0 Å². The molecule has 9 N–H and O–H groups in total. The molecule has 2 aliphatic rings. The minimum absolute atomic E-state index is 0.278. The van der Waals surface area contributed by atoms with Gasteiger partial charge in [0.05, 0.1) is 18.8 Å². The first kappa shape index (κ1) is 19.7. The summed E-state index contributed by atoms with van der Waals surface area (Å²) in [6.45, 7) is 0.956. The van der Waals surface area contributed by atoms with Crippen LogP contribution >= 0.6 is 0 Å². The van der Waals surface area contributed by atoms with Crippen molar-refractivity contribution in [3.05, 3.63) is 11.6 Å². The average molecular weight is 349 g/mol. The standard InChI is InChI=1S/C15H27NO8/c1-2-6-3-7(10(19)12(21)9(6)18)16-8-4-15(24,5-17)14(23)13(22)11(8)20/h3,7-14,16-24H,2,4-5H2,1H3. The minimum Gasteiger partial charge on any atom is -0.393 e. The Balaban J connectivity index is 2.21. The summed E-state index contributed by atoms with van der Waals surface area (Å²) in [7, 11) is 0. The summed E-state index contributed by atoms with van der Waals surface area (Å²) in [5.74, 6) is 0. The van der Waals surface area contributed by atoms with Crippen LogP contribution in [0.15, 0.2) is 11.6 Å². The van der Waals surface area contributed by atoms with Gasteiger partial charge in [-0.2, -0.15) is 0 Å². The quantitative estimate of drug-likeness (QED) is 0.229. The summed E-state index contributed by atoms with van der Waals surface area (Å²) in [4.78, 5) is 0. The highest BCUT2D eigenvalue weighted by Crippen LogP contribution is 2.31. The SMILES string of the molecule is CCC1=CC(NC2CC(O)(CO)C(O)C(O)C2O)C(O)C(O)C1O. The molecule has 9 heteroatoms. The molecule has 140 valence electrons. The fourth-order valence-corrected chi connectivity index (χ4v) is 3.45. The van der Waals surface area contributed by atoms with Crippen molar-refractivity contribution in [1.82, 2.24) is 5.32 Å². The van der Waals surface area contributed by atoms with E-state index in [0.717, 1.165) is 0 Å². The van der Waals surface area contributed by atoms with E-state index < -0.39 is 60.9 Å². The summed E-state index contributed by atoms with van der Waals surface area (Å²) < 4.78 is 0. The molecule has 9 unspecified atom stereocenters. The van der Waals surface area contributed by atoms with Crippen molar-refractivity contribution >= 4 is 0 Å². The molecule has 1 fully saturated rings. The van der Waals surface area contributed by atoms with Crippen molar-refractivity contribution in [3.8, 4) is 0 Å². The molecule has 0 aromatic heterocycles. The van der Waals surface area contributed by atoms with Gasteiger partial charge in [-0.05, 0) is 18.4 Å². The third kappa shape index (κ3) is 3.36. The van der Waals surface area contributed by atoms with Crippen LogP contribution in [-0.4, -0.2) is 102 Å². The lowest BCUT2D eigenvalue weighted by Gasteiger charge is -2.47. The van der Waals surface area contributed by atoms with Gasteiger partial charge in [0, 0.05) is 6.04 Å². The van der Waals surface area contributed by atoms with E-state index in [4.69, 9.17) is 0 Å². The number of aliphatic hydroxyl groups is 8. The molecule has 0 saturated heterocycles. The molecule has 1 saturated carbocycles. The second kappa shape index (κ2) is 7.32. The molecule has 0 bridgehead atoms. The molecular weight excluding hydrogens is 322 g/mol. The smallest absolute Gasteiger partial charge is 0.118 e. The molecule has 9 nitrogen and oxygen atoms in total. The molecule has 0 radical (unpaired) electrons. The molecule has 0 aromatic carbocycles. The van der Waals surface area contributed by atoms with Crippen LogP contribution in [0.4, 0.5) is 0 Å². The molecule has 2 aliphatic carbocycles. The van der Waals surface area contributed by atoms with E-state index in [0.29, 0.717) is 12.0 Å². The lowest BCUT2D eigenvalue weighted by molar-refractivity contribution is -0.208. The number of rotatable bonds is 4. The molecule has 0 amide bonds. The summed E-state index contributed by atoms with van der Waals surface area (Å²) in [6.07, 6.45) is -7.16. The van der Waals surface area contributed by atoms with Crippen molar-refractivity contribution in [3.63, 3.8) is 0 Å². The lowest BCUT2D eigenvalue weighted by Crippen LogP contribution is -2.69. The van der Waals surface area contributed by atoms with Crippen molar-refractivity contribution < 1.29 is 40.9 Å². The number of nitrogens with one attached hydrogen (secondary N) is 1. The van der Waals surface area contributed by atoms with Gasteiger partial charge in [0.15, 0.2) is 0 Å². The molecule has 24 heavy (non-hydrogen) atoms. The van der Waals surface area contributed by atoms with E-state index in [-0.39, 0.29) is 6.42 Å². The van der Waals surface area contributed by atoms with Crippen LogP contribution in [0.1, 0.15) is 19.8 Å². The van der Waals surface area contributed by atoms with E-state index in [9.17, 15) is 40.9 Å². The van der Waals surface area contributed by atoms with Crippen LogP contribution in [0.5, 0.6) is 0 Å². The van der Waals surface area contributed by atoms with Gasteiger partial charge in [-0.3, -0.25) is 0 Å². The maximum atomic E-state index is 10.2. The van der Waals surface area contributed by atoms with Crippen LogP contribution < -0.4 is 5.32 Å². The third-order valence-corrected chi connectivity index (χ3v) is 5.11. The highest BCUT2D eigenvalue weighted by molar-refractivity contribution is 5.22. The molecule has 0 heterocycles. The van der Waals surface area contributed by atoms with Crippen molar-refractivity contribution in [2.24, 2.45) is 0 Å². The summed E-state index contributed by atoms with van der Waals surface area (Å²) in [6, 6.07) is -1.81. The Morgan fingerprint density at radius 2 is 1.67 bits per heavy atom. The maximum absolute atomic E-state index is 10.2. The highest BCUT2D eigenvalue weighted by Gasteiger charge is 2.52. The van der Waals surface area contributed by atoms with E-state index in [2.05, 4.69) is 5.32 Å². The maximum Gasteiger partial charge on any atom is 0.118 e. The van der Waals surface area contributed by atoms with Gasteiger partial charge in [0.1, 0.15) is 36.1 Å². The van der Waals surface area contributed by atoms with Gasteiger partial charge >= 0.3 is 0 Å². The molecular formula is C15H27NO8. The van der Waals surface area contributed by atoms with Gasteiger partial charge in [-0.15, -0.1) is 0 Å². The Hall–Kier alpha value is -0.620. The van der Waals surface area contributed by atoms with Gasteiger partial charge in [-0.1, -0.05) is 13.0 Å². The van der Waals surface area contributed by atoms with E-state index in [1.165, 1.54) is 6.08 Å². The van der Waals surface area contributed by atoms with Crippen molar-refractivity contribution in [2.45, 2.75) is 74.1 Å². The lowest BCUT2D eigenvalue weighted by atomic mass is 9.75. The van der Waals surface area contributed by atoms with Crippen LogP contribution in [0.3, 0.4) is 0 Å². The monoisotopic (exact) mass is 349 g/mol. The van der Waals surface area contributed by atoms with Gasteiger partial charge in [0.2, 0.25) is 0 Å². The Kier molecular flexibility index (Phi) is 6.01. The van der Waals surface area contributed by atoms with Crippen LogP contribution in [-0.2, 0) is 0 Å². The van der Waals surface area contributed by atoms with Crippen molar-refractivity contribution in [1.29, 1.82) is 0 Å². The summed E-state index contributed by atoms with van der Waals surface area (Å²) >= 11 is 0.